The van der Waals surface area contributed by atoms with Gasteiger partial charge in [0.1, 0.15) is 0 Å². The van der Waals surface area contributed by atoms with Gasteiger partial charge in [-0.2, -0.15) is 41.3 Å². The Balaban J connectivity index is 1.26. The molecule has 4 aromatic rings. The van der Waals surface area contributed by atoms with Crippen LogP contribution in [0.2, 0.25) is 0 Å². The lowest BCUT2D eigenvalue weighted by atomic mass is 10.1. The monoisotopic (exact) mass is 632 g/mol. The largest absolute Gasteiger partial charge is 0.454 e. The number of nitrogens with zero attached hydrogens (tertiary/aromatic N) is 6. The number of pyridine rings is 1. The Morgan fingerprint density at radius 2 is 1.56 bits per heavy atom. The van der Waals surface area contributed by atoms with Crippen LogP contribution in [-0.2, 0) is 12.7 Å². The Labute approximate surface area is 253 Å². The van der Waals surface area contributed by atoms with E-state index in [2.05, 4.69) is 40.2 Å². The molecule has 45 heavy (non-hydrogen) atoms. The highest BCUT2D eigenvalue weighted by molar-refractivity contribution is 5.94. The van der Waals surface area contributed by atoms with Crippen LogP contribution in [0.4, 0.5) is 49.6 Å². The summed E-state index contributed by atoms with van der Waals surface area (Å²) in [4.78, 5) is 32.4. The van der Waals surface area contributed by atoms with E-state index >= 15 is 0 Å². The van der Waals surface area contributed by atoms with E-state index in [1.165, 1.54) is 6.07 Å². The normalized spacial score (nSPS) is 13.8. The number of carbonyl (C=O) groups excluding carboxylic acids is 1. The van der Waals surface area contributed by atoms with E-state index in [0.29, 0.717) is 31.7 Å². The first-order valence-electron chi connectivity index (χ1n) is 13.6. The Bertz CT molecular complexity index is 1610. The van der Waals surface area contributed by atoms with E-state index in [4.69, 9.17) is 0 Å². The predicted octanol–water partition coefficient (Wildman–Crippen LogP) is 5.54. The molecule has 16 heteroatoms. The number of hydrogen-bond acceptors (Lipinski definition) is 9. The number of benzene rings is 2. The molecule has 0 saturated carbocycles. The zero-order valence-electron chi connectivity index (χ0n) is 23.4. The minimum Gasteiger partial charge on any atom is -0.454 e. The highest BCUT2D eigenvalue weighted by Crippen LogP contribution is 2.31. The maximum Gasteiger partial charge on any atom is 0.422 e. The van der Waals surface area contributed by atoms with Gasteiger partial charge < -0.3 is 25.2 Å². The van der Waals surface area contributed by atoms with E-state index in [1.807, 2.05) is 24.3 Å². The quantitative estimate of drug-likeness (QED) is 0.230. The average molecular weight is 633 g/mol. The smallest absolute Gasteiger partial charge is 0.422 e. The molecule has 2 aromatic heterocycles. The molecule has 0 aliphatic carbocycles. The molecule has 10 nitrogen and oxygen atoms in total. The molecule has 1 aliphatic heterocycles. The number of anilines is 4. The van der Waals surface area contributed by atoms with E-state index in [0.717, 1.165) is 29.4 Å². The van der Waals surface area contributed by atoms with Gasteiger partial charge in [-0.3, -0.25) is 9.78 Å². The van der Waals surface area contributed by atoms with Crippen molar-refractivity contribution in [2.24, 2.45) is 0 Å². The Hall–Kier alpha value is -5.15. The molecule has 1 fully saturated rings. The third kappa shape index (κ3) is 8.70. The van der Waals surface area contributed by atoms with Crippen LogP contribution in [-0.4, -0.2) is 69.7 Å². The van der Waals surface area contributed by atoms with Crippen LogP contribution in [0, 0.1) is 0 Å². The number of alkyl halides is 6. The number of nitrogens with one attached hydrogen (secondary N) is 2. The zero-order valence-corrected chi connectivity index (χ0v) is 23.4. The van der Waals surface area contributed by atoms with Crippen LogP contribution in [0.25, 0.3) is 0 Å². The molecule has 0 bridgehead atoms. The van der Waals surface area contributed by atoms with Gasteiger partial charge in [-0.25, -0.2) is 0 Å². The fourth-order valence-electron chi connectivity index (χ4n) is 4.49. The molecule has 1 saturated heterocycles. The van der Waals surface area contributed by atoms with Crippen molar-refractivity contribution < 1.29 is 35.9 Å². The summed E-state index contributed by atoms with van der Waals surface area (Å²) in [6.45, 7) is 0.730. The van der Waals surface area contributed by atoms with E-state index in [9.17, 15) is 31.1 Å². The number of carbonyl (C=O) groups is 1. The number of halogens is 6. The van der Waals surface area contributed by atoms with Crippen molar-refractivity contribution in [2.75, 3.05) is 48.3 Å². The SMILES string of the molecule is O=C(c1ccncc1)N1CCN(c2cccc(CNc3nc(Nc4cccc(C(F)(F)F)c4)nc(OCC(F)(F)F)n3)c2)CC1. The second-order valence-corrected chi connectivity index (χ2v) is 9.91. The average Bonchev–Trinajstić information content (AvgIpc) is 3.02. The maximum atomic E-state index is 13.1. The molecule has 0 radical (unpaired) electrons. The molecule has 0 spiro atoms. The Morgan fingerprint density at radius 3 is 2.27 bits per heavy atom. The van der Waals surface area contributed by atoms with Crippen molar-refractivity contribution in [3.63, 3.8) is 0 Å². The third-order valence-corrected chi connectivity index (χ3v) is 6.65. The number of hydrogen-bond donors (Lipinski definition) is 2. The summed E-state index contributed by atoms with van der Waals surface area (Å²) in [5.74, 6) is -0.546. The van der Waals surface area contributed by atoms with Crippen LogP contribution >= 0.6 is 0 Å². The summed E-state index contributed by atoms with van der Waals surface area (Å²) >= 11 is 0. The number of piperazine rings is 1. The van der Waals surface area contributed by atoms with Crippen molar-refractivity contribution in [1.82, 2.24) is 24.8 Å². The summed E-state index contributed by atoms with van der Waals surface area (Å²) < 4.78 is 82.5. The molecule has 5 rings (SSSR count). The van der Waals surface area contributed by atoms with Crippen molar-refractivity contribution in [1.29, 1.82) is 0 Å². The Morgan fingerprint density at radius 1 is 0.844 bits per heavy atom. The molecular formula is C29H26F6N8O2. The lowest BCUT2D eigenvalue weighted by Gasteiger charge is -2.36. The molecule has 1 aliphatic rings. The van der Waals surface area contributed by atoms with Gasteiger partial charge in [0, 0.05) is 62.1 Å². The lowest BCUT2D eigenvalue weighted by molar-refractivity contribution is -0.154. The third-order valence-electron chi connectivity index (χ3n) is 6.65. The predicted molar refractivity (Wildman–Crippen MR) is 152 cm³/mol. The van der Waals surface area contributed by atoms with E-state index < -0.39 is 30.5 Å². The molecule has 0 unspecified atom stereocenters. The first-order chi connectivity index (χ1) is 21.4. The number of rotatable bonds is 9. The first kappa shape index (κ1) is 31.3. The van der Waals surface area contributed by atoms with Crippen LogP contribution < -0.4 is 20.3 Å². The van der Waals surface area contributed by atoms with Gasteiger partial charge in [0.15, 0.2) is 6.61 Å². The lowest BCUT2D eigenvalue weighted by Crippen LogP contribution is -2.48. The molecule has 2 aromatic carbocycles. The van der Waals surface area contributed by atoms with Crippen molar-refractivity contribution >= 4 is 29.2 Å². The van der Waals surface area contributed by atoms with Crippen LogP contribution in [0.5, 0.6) is 6.01 Å². The molecule has 2 N–H and O–H groups in total. The second-order valence-electron chi connectivity index (χ2n) is 9.91. The molecule has 0 atom stereocenters. The Kier molecular flexibility index (Phi) is 9.20. The molecule has 1 amide bonds. The summed E-state index contributed by atoms with van der Waals surface area (Å²) in [7, 11) is 0. The highest BCUT2D eigenvalue weighted by atomic mass is 19.4. The van der Waals surface area contributed by atoms with Gasteiger partial charge in [-0.15, -0.1) is 0 Å². The summed E-state index contributed by atoms with van der Waals surface area (Å²) in [6, 6.07) is 14.3. The van der Waals surface area contributed by atoms with E-state index in [1.54, 1.807) is 29.4 Å². The van der Waals surface area contributed by atoms with Gasteiger partial charge in [-0.05, 0) is 48.0 Å². The summed E-state index contributed by atoms with van der Waals surface area (Å²) in [6.07, 6.45) is -6.13. The standard InChI is InChI=1S/C29H26F6N8O2/c30-28(31,32)18-45-27-40-25(39-26(41-27)38-22-5-2-4-21(16-22)29(33,34)35)37-17-19-3-1-6-23(15-19)42-11-13-43(14-12-42)24(44)20-7-9-36-10-8-20/h1-10,15-16H,11-14,17-18H2,(H2,37,38,39,40,41). The maximum absolute atomic E-state index is 13.1. The summed E-state index contributed by atoms with van der Waals surface area (Å²) in [5, 5.41) is 5.48. The van der Waals surface area contributed by atoms with Crippen LogP contribution in [0.1, 0.15) is 21.5 Å². The summed E-state index contributed by atoms with van der Waals surface area (Å²) in [5.41, 5.74) is 1.29. The van der Waals surface area contributed by atoms with Gasteiger partial charge in [0.05, 0.1) is 5.56 Å². The van der Waals surface area contributed by atoms with Crippen LogP contribution in [0.15, 0.2) is 73.1 Å². The van der Waals surface area contributed by atoms with Crippen molar-refractivity contribution in [3.8, 4) is 6.01 Å². The number of amides is 1. The fourth-order valence-corrected chi connectivity index (χ4v) is 4.49. The van der Waals surface area contributed by atoms with Gasteiger partial charge >= 0.3 is 18.4 Å². The molecular weight excluding hydrogens is 606 g/mol. The highest BCUT2D eigenvalue weighted by Gasteiger charge is 2.31. The minimum absolute atomic E-state index is 0.0426. The van der Waals surface area contributed by atoms with Crippen LogP contribution in [0.3, 0.4) is 0 Å². The second kappa shape index (κ2) is 13.2. The number of ether oxygens (including phenoxy) is 1. The van der Waals surface area contributed by atoms with Gasteiger partial charge in [-0.1, -0.05) is 18.2 Å². The van der Waals surface area contributed by atoms with Gasteiger partial charge in [0.2, 0.25) is 11.9 Å². The van der Waals surface area contributed by atoms with Gasteiger partial charge in [0.25, 0.3) is 5.91 Å². The van der Waals surface area contributed by atoms with Crippen molar-refractivity contribution in [3.05, 3.63) is 89.7 Å². The minimum atomic E-state index is -4.67. The van der Waals surface area contributed by atoms with E-state index in [-0.39, 0.29) is 30.0 Å². The molecule has 3 heterocycles. The number of aromatic nitrogens is 4. The topological polar surface area (TPSA) is 108 Å². The fraction of sp³-hybridized carbons (Fsp3) is 0.276. The van der Waals surface area contributed by atoms with Crippen molar-refractivity contribution in [2.45, 2.75) is 18.9 Å². The first-order valence-corrected chi connectivity index (χ1v) is 13.6. The molecule has 236 valence electrons. The zero-order chi connectivity index (χ0) is 32.0.